The van der Waals surface area contributed by atoms with Crippen LogP contribution < -0.4 is 5.32 Å². The van der Waals surface area contributed by atoms with Crippen LogP contribution in [0.3, 0.4) is 0 Å². The first-order valence-electron chi connectivity index (χ1n) is 8.01. The molecule has 114 valence electrons. The van der Waals surface area contributed by atoms with Gasteiger partial charge in [0.1, 0.15) is 6.61 Å². The first-order valence-corrected chi connectivity index (χ1v) is 8.01. The highest BCUT2D eigenvalue weighted by atomic mass is 16.5. The number of hydrogen-bond acceptors (Lipinski definition) is 4. The molecular weight excluding hydrogens is 256 g/mol. The van der Waals surface area contributed by atoms with E-state index in [-0.39, 0.29) is 12.5 Å². The van der Waals surface area contributed by atoms with Crippen molar-refractivity contribution in [1.29, 1.82) is 0 Å². The standard InChI is InChI=1S/C15H26N2O3/c18-15(11-20-10-12-5-7-19-9-12)17(14-3-4-14)8-13-2-1-6-16-13/h12-14,16H,1-11H2/t12-,13+/m0/s1. The predicted molar refractivity (Wildman–Crippen MR) is 75.5 cm³/mol. The maximum atomic E-state index is 12.3. The Kier molecular flexibility index (Phi) is 4.91. The number of carbonyl (C=O) groups is 1. The third kappa shape index (κ3) is 3.93. The second-order valence-corrected chi connectivity index (χ2v) is 6.32. The minimum Gasteiger partial charge on any atom is -0.381 e. The van der Waals surface area contributed by atoms with E-state index in [4.69, 9.17) is 9.47 Å². The molecule has 2 aliphatic heterocycles. The minimum atomic E-state index is 0.167. The summed E-state index contributed by atoms with van der Waals surface area (Å²) in [5, 5.41) is 3.47. The molecule has 0 spiro atoms. The zero-order valence-electron chi connectivity index (χ0n) is 12.2. The normalized spacial score (nSPS) is 29.8. The van der Waals surface area contributed by atoms with Gasteiger partial charge < -0.3 is 19.7 Å². The Morgan fingerprint density at radius 3 is 2.85 bits per heavy atom. The zero-order valence-corrected chi connectivity index (χ0v) is 12.2. The monoisotopic (exact) mass is 282 g/mol. The molecule has 5 heteroatoms. The molecule has 2 saturated heterocycles. The summed E-state index contributed by atoms with van der Waals surface area (Å²) in [5.74, 6) is 0.647. The van der Waals surface area contributed by atoms with Gasteiger partial charge in [-0.05, 0) is 38.6 Å². The highest BCUT2D eigenvalue weighted by Crippen LogP contribution is 2.28. The fraction of sp³-hybridized carbons (Fsp3) is 0.933. The molecule has 0 radical (unpaired) electrons. The Hall–Kier alpha value is -0.650. The molecule has 0 aromatic carbocycles. The predicted octanol–water partition coefficient (Wildman–Crippen LogP) is 0.783. The smallest absolute Gasteiger partial charge is 0.248 e. The molecule has 0 aromatic rings. The largest absolute Gasteiger partial charge is 0.381 e. The van der Waals surface area contributed by atoms with E-state index in [1.165, 1.54) is 12.8 Å². The van der Waals surface area contributed by atoms with E-state index in [0.717, 1.165) is 45.6 Å². The number of nitrogens with zero attached hydrogens (tertiary/aromatic N) is 1. The molecule has 1 N–H and O–H groups in total. The average Bonchev–Trinajstić information content (AvgIpc) is 2.93. The van der Waals surface area contributed by atoms with Crippen LogP contribution in [0.25, 0.3) is 0 Å². The molecular formula is C15H26N2O3. The summed E-state index contributed by atoms with van der Waals surface area (Å²) in [6, 6.07) is 0.964. The number of nitrogens with one attached hydrogen (secondary N) is 1. The van der Waals surface area contributed by atoms with E-state index in [1.807, 2.05) is 4.90 Å². The Balaban J connectivity index is 1.40. The highest BCUT2D eigenvalue weighted by molar-refractivity contribution is 5.78. The SMILES string of the molecule is O=C(COC[C@H]1CCOC1)N(C[C@H]1CCCN1)C1CC1. The second kappa shape index (κ2) is 6.87. The maximum absolute atomic E-state index is 12.3. The van der Waals surface area contributed by atoms with Gasteiger partial charge in [0, 0.05) is 31.2 Å². The second-order valence-electron chi connectivity index (χ2n) is 6.32. The Morgan fingerprint density at radius 2 is 2.20 bits per heavy atom. The summed E-state index contributed by atoms with van der Waals surface area (Å²) < 4.78 is 10.9. The van der Waals surface area contributed by atoms with E-state index in [2.05, 4.69) is 5.32 Å². The summed E-state index contributed by atoms with van der Waals surface area (Å²) in [4.78, 5) is 14.4. The van der Waals surface area contributed by atoms with Crippen LogP contribution in [0.15, 0.2) is 0 Å². The molecule has 5 nitrogen and oxygen atoms in total. The van der Waals surface area contributed by atoms with Crippen molar-refractivity contribution in [2.45, 2.75) is 44.2 Å². The molecule has 1 saturated carbocycles. The molecule has 20 heavy (non-hydrogen) atoms. The van der Waals surface area contributed by atoms with Gasteiger partial charge in [-0.2, -0.15) is 0 Å². The summed E-state index contributed by atoms with van der Waals surface area (Å²) in [5.41, 5.74) is 0. The van der Waals surface area contributed by atoms with Gasteiger partial charge in [-0.1, -0.05) is 0 Å². The number of ether oxygens (including phenoxy) is 2. The average molecular weight is 282 g/mol. The summed E-state index contributed by atoms with van der Waals surface area (Å²) in [6.07, 6.45) is 5.81. The van der Waals surface area contributed by atoms with Crippen LogP contribution in [0.2, 0.25) is 0 Å². The number of hydrogen-bond donors (Lipinski definition) is 1. The lowest BCUT2D eigenvalue weighted by Crippen LogP contribution is -2.44. The lowest BCUT2D eigenvalue weighted by molar-refractivity contribution is -0.137. The van der Waals surface area contributed by atoms with Crippen molar-refractivity contribution in [3.05, 3.63) is 0 Å². The van der Waals surface area contributed by atoms with Crippen molar-refractivity contribution < 1.29 is 14.3 Å². The zero-order chi connectivity index (χ0) is 13.8. The third-order valence-corrected chi connectivity index (χ3v) is 4.49. The molecule has 0 bridgehead atoms. The summed E-state index contributed by atoms with van der Waals surface area (Å²) in [6.45, 7) is 4.47. The minimum absolute atomic E-state index is 0.167. The molecule has 0 aromatic heterocycles. The van der Waals surface area contributed by atoms with Crippen LogP contribution in [0.4, 0.5) is 0 Å². The van der Waals surface area contributed by atoms with Crippen molar-refractivity contribution in [2.24, 2.45) is 5.92 Å². The number of rotatable bonds is 7. The fourth-order valence-electron chi connectivity index (χ4n) is 3.10. The van der Waals surface area contributed by atoms with E-state index in [0.29, 0.717) is 24.6 Å². The van der Waals surface area contributed by atoms with Crippen molar-refractivity contribution in [3.8, 4) is 0 Å². The molecule has 3 aliphatic rings. The fourth-order valence-corrected chi connectivity index (χ4v) is 3.10. The molecule has 2 atom stereocenters. The van der Waals surface area contributed by atoms with Gasteiger partial charge >= 0.3 is 0 Å². The lowest BCUT2D eigenvalue weighted by Gasteiger charge is -2.26. The first kappa shape index (κ1) is 14.3. The van der Waals surface area contributed by atoms with Gasteiger partial charge in [0.05, 0.1) is 13.2 Å². The Bertz CT molecular complexity index is 321. The molecule has 3 fully saturated rings. The van der Waals surface area contributed by atoms with Crippen molar-refractivity contribution >= 4 is 5.91 Å². The Labute approximate surface area is 121 Å². The molecule has 1 aliphatic carbocycles. The van der Waals surface area contributed by atoms with Gasteiger partial charge in [-0.15, -0.1) is 0 Å². The topological polar surface area (TPSA) is 50.8 Å². The van der Waals surface area contributed by atoms with Gasteiger partial charge in [-0.3, -0.25) is 4.79 Å². The van der Waals surface area contributed by atoms with E-state index < -0.39 is 0 Å². The van der Waals surface area contributed by atoms with Gasteiger partial charge in [0.25, 0.3) is 0 Å². The van der Waals surface area contributed by atoms with Crippen LogP contribution in [-0.2, 0) is 14.3 Å². The van der Waals surface area contributed by atoms with Crippen molar-refractivity contribution in [2.75, 3.05) is 39.5 Å². The number of amides is 1. The van der Waals surface area contributed by atoms with Crippen LogP contribution in [0, 0.1) is 5.92 Å². The Morgan fingerprint density at radius 1 is 1.30 bits per heavy atom. The molecule has 2 heterocycles. The highest BCUT2D eigenvalue weighted by Gasteiger charge is 2.34. The van der Waals surface area contributed by atoms with E-state index in [9.17, 15) is 4.79 Å². The summed E-state index contributed by atoms with van der Waals surface area (Å²) >= 11 is 0. The first-order chi connectivity index (χ1) is 9.83. The van der Waals surface area contributed by atoms with E-state index in [1.54, 1.807) is 0 Å². The van der Waals surface area contributed by atoms with Crippen molar-refractivity contribution in [1.82, 2.24) is 10.2 Å². The van der Waals surface area contributed by atoms with Crippen LogP contribution >= 0.6 is 0 Å². The quantitative estimate of drug-likeness (QED) is 0.750. The third-order valence-electron chi connectivity index (χ3n) is 4.49. The van der Waals surface area contributed by atoms with Gasteiger partial charge in [0.2, 0.25) is 5.91 Å². The number of carbonyl (C=O) groups excluding carboxylic acids is 1. The molecule has 0 unspecified atom stereocenters. The van der Waals surface area contributed by atoms with E-state index >= 15 is 0 Å². The van der Waals surface area contributed by atoms with Crippen LogP contribution in [0.1, 0.15) is 32.1 Å². The lowest BCUT2D eigenvalue weighted by atomic mass is 10.1. The van der Waals surface area contributed by atoms with Gasteiger partial charge in [0.15, 0.2) is 0 Å². The van der Waals surface area contributed by atoms with Gasteiger partial charge in [-0.25, -0.2) is 0 Å². The summed E-state index contributed by atoms with van der Waals surface area (Å²) in [7, 11) is 0. The van der Waals surface area contributed by atoms with Crippen LogP contribution in [0.5, 0.6) is 0 Å². The van der Waals surface area contributed by atoms with Crippen LogP contribution in [-0.4, -0.2) is 62.4 Å². The molecule has 1 amide bonds. The van der Waals surface area contributed by atoms with Crippen molar-refractivity contribution in [3.63, 3.8) is 0 Å². The maximum Gasteiger partial charge on any atom is 0.248 e. The molecule has 3 rings (SSSR count).